The van der Waals surface area contributed by atoms with Gasteiger partial charge in [-0.1, -0.05) is 13.0 Å². The third-order valence-corrected chi connectivity index (χ3v) is 3.02. The Hall–Kier alpha value is -0.800. The van der Waals surface area contributed by atoms with Crippen LogP contribution in [-0.2, 0) is 0 Å². The Morgan fingerprint density at radius 3 is 2.80 bits per heavy atom. The van der Waals surface area contributed by atoms with Gasteiger partial charge in [0, 0.05) is 12.3 Å². The predicted molar refractivity (Wildman–Crippen MR) is 63.7 cm³/mol. The Kier molecular flexibility index (Phi) is 4.36. The average molecular weight is 229 g/mol. The SMILES string of the molecule is C[C@H]1CNCC[C@@H]1c1ccc(=O)[nH]c1.Cl. The van der Waals surface area contributed by atoms with Crippen LogP contribution >= 0.6 is 12.4 Å². The maximum absolute atomic E-state index is 10.9. The Bertz CT molecular complexity index is 343. The second-order valence-electron chi connectivity index (χ2n) is 4.06. The normalized spacial score (nSPS) is 25.7. The van der Waals surface area contributed by atoms with E-state index in [9.17, 15) is 4.79 Å². The van der Waals surface area contributed by atoms with Gasteiger partial charge in [-0.3, -0.25) is 4.79 Å². The van der Waals surface area contributed by atoms with E-state index in [0.717, 1.165) is 19.5 Å². The van der Waals surface area contributed by atoms with Crippen molar-refractivity contribution in [2.75, 3.05) is 13.1 Å². The largest absolute Gasteiger partial charge is 0.329 e. The Balaban J connectivity index is 0.00000112. The van der Waals surface area contributed by atoms with Crippen LogP contribution in [-0.4, -0.2) is 18.1 Å². The molecule has 0 radical (unpaired) electrons. The highest BCUT2D eigenvalue weighted by atomic mass is 35.5. The van der Waals surface area contributed by atoms with E-state index in [1.54, 1.807) is 6.07 Å². The topological polar surface area (TPSA) is 44.9 Å². The molecule has 2 heterocycles. The Morgan fingerprint density at radius 2 is 2.20 bits per heavy atom. The van der Waals surface area contributed by atoms with Gasteiger partial charge in [0.05, 0.1) is 0 Å². The first kappa shape index (κ1) is 12.3. The molecule has 2 atom stereocenters. The summed E-state index contributed by atoms with van der Waals surface area (Å²) in [6.07, 6.45) is 3.02. The molecular formula is C11H17ClN2O. The maximum atomic E-state index is 10.9. The summed E-state index contributed by atoms with van der Waals surface area (Å²) in [4.78, 5) is 13.7. The summed E-state index contributed by atoms with van der Waals surface area (Å²) in [6, 6.07) is 3.56. The van der Waals surface area contributed by atoms with E-state index >= 15 is 0 Å². The molecule has 0 spiro atoms. The number of H-pyrrole nitrogens is 1. The molecule has 0 unspecified atom stereocenters. The zero-order chi connectivity index (χ0) is 9.97. The summed E-state index contributed by atoms with van der Waals surface area (Å²) in [5.74, 6) is 1.24. The second kappa shape index (κ2) is 5.33. The van der Waals surface area contributed by atoms with Gasteiger partial charge in [0.15, 0.2) is 0 Å². The Morgan fingerprint density at radius 1 is 1.40 bits per heavy atom. The number of halogens is 1. The molecule has 0 saturated carbocycles. The number of aromatic amines is 1. The second-order valence-corrected chi connectivity index (χ2v) is 4.06. The molecule has 2 N–H and O–H groups in total. The summed E-state index contributed by atoms with van der Waals surface area (Å²) >= 11 is 0. The summed E-state index contributed by atoms with van der Waals surface area (Å²) in [5, 5.41) is 3.37. The van der Waals surface area contributed by atoms with Gasteiger partial charge < -0.3 is 10.3 Å². The quantitative estimate of drug-likeness (QED) is 0.766. The fourth-order valence-electron chi connectivity index (χ4n) is 2.16. The van der Waals surface area contributed by atoms with Crippen molar-refractivity contribution >= 4 is 12.4 Å². The van der Waals surface area contributed by atoms with Gasteiger partial charge in [-0.05, 0) is 36.9 Å². The number of hydrogen-bond donors (Lipinski definition) is 2. The lowest BCUT2D eigenvalue weighted by Gasteiger charge is -2.29. The Labute approximate surface area is 95.7 Å². The standard InChI is InChI=1S/C11H16N2O.ClH/c1-8-6-12-5-4-10(8)9-2-3-11(14)13-7-9;/h2-3,7-8,10,12H,4-6H2,1H3,(H,13,14);1H/t8-,10-;/m0./s1. The molecule has 0 bridgehead atoms. The van der Waals surface area contributed by atoms with Gasteiger partial charge in [-0.25, -0.2) is 0 Å². The number of pyridine rings is 1. The minimum Gasteiger partial charge on any atom is -0.329 e. The van der Waals surface area contributed by atoms with E-state index in [2.05, 4.69) is 17.2 Å². The third-order valence-electron chi connectivity index (χ3n) is 3.02. The van der Waals surface area contributed by atoms with Crippen molar-refractivity contribution < 1.29 is 0 Å². The van der Waals surface area contributed by atoms with Crippen LogP contribution in [0.3, 0.4) is 0 Å². The lowest BCUT2D eigenvalue weighted by Crippen LogP contribution is -2.33. The van der Waals surface area contributed by atoms with Crippen molar-refractivity contribution in [3.63, 3.8) is 0 Å². The molecule has 1 aromatic rings. The smallest absolute Gasteiger partial charge is 0.247 e. The zero-order valence-electron chi connectivity index (χ0n) is 8.82. The third kappa shape index (κ3) is 2.83. The first-order chi connectivity index (χ1) is 6.77. The lowest BCUT2D eigenvalue weighted by molar-refractivity contribution is 0.349. The molecule has 1 saturated heterocycles. The first-order valence-electron chi connectivity index (χ1n) is 5.17. The van der Waals surface area contributed by atoms with Crippen LogP contribution in [0.1, 0.15) is 24.8 Å². The van der Waals surface area contributed by atoms with Crippen LogP contribution in [0.25, 0.3) is 0 Å². The van der Waals surface area contributed by atoms with Gasteiger partial charge >= 0.3 is 0 Å². The van der Waals surface area contributed by atoms with E-state index in [1.165, 1.54) is 5.56 Å². The summed E-state index contributed by atoms with van der Waals surface area (Å²) in [7, 11) is 0. The summed E-state index contributed by atoms with van der Waals surface area (Å²) < 4.78 is 0. The molecule has 1 fully saturated rings. The van der Waals surface area contributed by atoms with E-state index < -0.39 is 0 Å². The fraction of sp³-hybridized carbons (Fsp3) is 0.545. The summed E-state index contributed by atoms with van der Waals surface area (Å²) in [5.41, 5.74) is 1.24. The van der Waals surface area contributed by atoms with Crippen LogP contribution in [0.4, 0.5) is 0 Å². The van der Waals surface area contributed by atoms with Crippen LogP contribution in [0.15, 0.2) is 23.1 Å². The molecule has 0 aliphatic carbocycles. The molecule has 1 aliphatic rings. The molecule has 0 aromatic carbocycles. The molecule has 1 aliphatic heterocycles. The zero-order valence-corrected chi connectivity index (χ0v) is 9.64. The molecule has 1 aromatic heterocycles. The highest BCUT2D eigenvalue weighted by molar-refractivity contribution is 5.85. The van der Waals surface area contributed by atoms with Gasteiger partial charge in [-0.15, -0.1) is 12.4 Å². The highest BCUT2D eigenvalue weighted by Gasteiger charge is 2.22. The average Bonchev–Trinajstić information content (AvgIpc) is 2.20. The predicted octanol–water partition coefficient (Wildman–Crippen LogP) is 1.51. The molecular weight excluding hydrogens is 212 g/mol. The number of aromatic nitrogens is 1. The van der Waals surface area contributed by atoms with E-state index in [-0.39, 0.29) is 18.0 Å². The molecule has 0 amide bonds. The maximum Gasteiger partial charge on any atom is 0.247 e. The number of hydrogen-bond acceptors (Lipinski definition) is 2. The molecule has 15 heavy (non-hydrogen) atoms. The highest BCUT2D eigenvalue weighted by Crippen LogP contribution is 2.28. The van der Waals surface area contributed by atoms with Crippen molar-refractivity contribution in [1.29, 1.82) is 0 Å². The van der Waals surface area contributed by atoms with Crippen molar-refractivity contribution in [2.45, 2.75) is 19.3 Å². The number of rotatable bonds is 1. The van der Waals surface area contributed by atoms with Gasteiger partial charge in [-0.2, -0.15) is 0 Å². The number of piperidine rings is 1. The first-order valence-corrected chi connectivity index (χ1v) is 5.17. The molecule has 2 rings (SSSR count). The fourth-order valence-corrected chi connectivity index (χ4v) is 2.16. The van der Waals surface area contributed by atoms with Crippen molar-refractivity contribution in [1.82, 2.24) is 10.3 Å². The van der Waals surface area contributed by atoms with Crippen molar-refractivity contribution in [2.24, 2.45) is 5.92 Å². The van der Waals surface area contributed by atoms with Gasteiger partial charge in [0.25, 0.3) is 0 Å². The molecule has 4 heteroatoms. The van der Waals surface area contributed by atoms with Crippen LogP contribution in [0.2, 0.25) is 0 Å². The van der Waals surface area contributed by atoms with Crippen LogP contribution in [0, 0.1) is 5.92 Å². The lowest BCUT2D eigenvalue weighted by atomic mass is 9.83. The van der Waals surface area contributed by atoms with Crippen LogP contribution in [0.5, 0.6) is 0 Å². The van der Waals surface area contributed by atoms with E-state index in [4.69, 9.17) is 0 Å². The van der Waals surface area contributed by atoms with Crippen molar-refractivity contribution in [3.8, 4) is 0 Å². The monoisotopic (exact) mass is 228 g/mol. The van der Waals surface area contributed by atoms with Gasteiger partial charge in [0.2, 0.25) is 5.56 Å². The van der Waals surface area contributed by atoms with Gasteiger partial charge in [0.1, 0.15) is 0 Å². The van der Waals surface area contributed by atoms with Crippen LogP contribution < -0.4 is 10.9 Å². The van der Waals surface area contributed by atoms with Crippen molar-refractivity contribution in [3.05, 3.63) is 34.2 Å². The number of nitrogens with one attached hydrogen (secondary N) is 2. The summed E-state index contributed by atoms with van der Waals surface area (Å²) in [6.45, 7) is 4.40. The van der Waals surface area contributed by atoms with E-state index in [0.29, 0.717) is 11.8 Å². The molecule has 3 nitrogen and oxygen atoms in total. The minimum atomic E-state index is -0.0182. The van der Waals surface area contributed by atoms with E-state index in [1.807, 2.05) is 12.3 Å². The molecule has 84 valence electrons. The minimum absolute atomic E-state index is 0.